The number of carbonyl (C=O) groups excluding carboxylic acids is 1. The molecule has 3 rings (SSSR count). The monoisotopic (exact) mass is 320 g/mol. The van der Waals surface area contributed by atoms with E-state index in [1.54, 1.807) is 6.07 Å². The summed E-state index contributed by atoms with van der Waals surface area (Å²) >= 11 is 0. The third-order valence-corrected chi connectivity index (χ3v) is 4.98. The number of benzene rings is 1. The largest absolute Gasteiger partial charge is 0.381 e. The van der Waals surface area contributed by atoms with E-state index in [0.29, 0.717) is 39.1 Å². The number of amides is 1. The minimum atomic E-state index is -0.656. The number of carbonyl (C=O) groups is 1. The molecular formula is C18H25FN2O2. The van der Waals surface area contributed by atoms with E-state index in [1.807, 2.05) is 11.0 Å². The van der Waals surface area contributed by atoms with Crippen molar-refractivity contribution in [1.29, 1.82) is 0 Å². The molecule has 2 saturated heterocycles. The van der Waals surface area contributed by atoms with Crippen molar-refractivity contribution in [2.45, 2.75) is 44.2 Å². The van der Waals surface area contributed by atoms with E-state index in [2.05, 4.69) is 19.2 Å². The smallest absolute Gasteiger partial charge is 0.233 e. The Morgan fingerprint density at radius 1 is 1.26 bits per heavy atom. The molecule has 0 saturated carbocycles. The van der Waals surface area contributed by atoms with Crippen molar-refractivity contribution in [3.8, 4) is 0 Å². The Bertz CT molecular complexity index is 562. The molecule has 0 radical (unpaired) electrons. The second-order valence-electron chi connectivity index (χ2n) is 6.88. The lowest BCUT2D eigenvalue weighted by atomic mass is 9.72. The van der Waals surface area contributed by atoms with Gasteiger partial charge in [0.2, 0.25) is 5.91 Å². The van der Waals surface area contributed by atoms with Gasteiger partial charge in [-0.2, -0.15) is 0 Å². The van der Waals surface area contributed by atoms with Gasteiger partial charge >= 0.3 is 0 Å². The summed E-state index contributed by atoms with van der Waals surface area (Å²) < 4.78 is 19.2. The maximum absolute atomic E-state index is 13.8. The normalized spacial score (nSPS) is 27.7. The number of piperazine rings is 1. The Balaban J connectivity index is 1.94. The van der Waals surface area contributed by atoms with E-state index in [0.717, 1.165) is 5.56 Å². The Labute approximate surface area is 137 Å². The first kappa shape index (κ1) is 16.4. The molecule has 4 nitrogen and oxygen atoms in total. The van der Waals surface area contributed by atoms with Gasteiger partial charge in [-0.25, -0.2) is 4.39 Å². The molecule has 0 spiro atoms. The number of halogens is 1. The van der Waals surface area contributed by atoms with Gasteiger partial charge in [-0.1, -0.05) is 12.1 Å². The second-order valence-corrected chi connectivity index (χ2v) is 6.88. The van der Waals surface area contributed by atoms with Gasteiger partial charge in [0.25, 0.3) is 0 Å². The van der Waals surface area contributed by atoms with Gasteiger partial charge in [0, 0.05) is 38.4 Å². The van der Waals surface area contributed by atoms with Crippen LogP contribution in [-0.4, -0.2) is 49.2 Å². The Morgan fingerprint density at radius 2 is 1.91 bits per heavy atom. The number of nitrogens with zero attached hydrogens (tertiary/aromatic N) is 1. The molecule has 0 bridgehead atoms. The van der Waals surface area contributed by atoms with Crippen molar-refractivity contribution in [3.05, 3.63) is 35.6 Å². The molecule has 2 unspecified atom stereocenters. The van der Waals surface area contributed by atoms with Crippen LogP contribution in [0.25, 0.3) is 0 Å². The summed E-state index contributed by atoms with van der Waals surface area (Å²) in [6, 6.07) is 7.05. The molecular weight excluding hydrogens is 295 g/mol. The third-order valence-electron chi connectivity index (χ3n) is 4.98. The summed E-state index contributed by atoms with van der Waals surface area (Å²) in [6.45, 7) is 6.66. The number of hydrogen-bond acceptors (Lipinski definition) is 3. The molecule has 5 heteroatoms. The predicted octanol–water partition coefficient (Wildman–Crippen LogP) is 2.08. The lowest BCUT2D eigenvalue weighted by molar-refractivity contribution is -0.143. The average molecular weight is 320 g/mol. The molecule has 23 heavy (non-hydrogen) atoms. The maximum Gasteiger partial charge on any atom is 0.233 e. The van der Waals surface area contributed by atoms with Gasteiger partial charge in [-0.3, -0.25) is 4.79 Å². The molecule has 1 N–H and O–H groups in total. The summed E-state index contributed by atoms with van der Waals surface area (Å²) in [7, 11) is 0. The second kappa shape index (κ2) is 6.57. The SMILES string of the molecule is CC1CN(C(=O)C2(c3cccc(F)c3)CCOCC2)CC(C)N1. The van der Waals surface area contributed by atoms with E-state index in [1.165, 1.54) is 12.1 Å². The van der Waals surface area contributed by atoms with Crippen molar-refractivity contribution in [2.24, 2.45) is 0 Å². The van der Waals surface area contributed by atoms with E-state index in [9.17, 15) is 9.18 Å². The highest BCUT2D eigenvalue weighted by molar-refractivity contribution is 5.88. The highest BCUT2D eigenvalue weighted by Gasteiger charge is 2.45. The molecule has 2 fully saturated rings. The van der Waals surface area contributed by atoms with Crippen LogP contribution in [0, 0.1) is 5.82 Å². The van der Waals surface area contributed by atoms with Gasteiger partial charge in [0.15, 0.2) is 0 Å². The zero-order valence-electron chi connectivity index (χ0n) is 13.8. The predicted molar refractivity (Wildman–Crippen MR) is 86.8 cm³/mol. The Hall–Kier alpha value is -1.46. The first-order valence-corrected chi connectivity index (χ1v) is 8.40. The van der Waals surface area contributed by atoms with E-state index >= 15 is 0 Å². The fraction of sp³-hybridized carbons (Fsp3) is 0.611. The summed E-state index contributed by atoms with van der Waals surface area (Å²) in [5.41, 5.74) is 0.126. The lowest BCUT2D eigenvalue weighted by Gasteiger charge is -2.44. The molecule has 2 aliphatic heterocycles. The van der Waals surface area contributed by atoms with Crippen LogP contribution in [0.1, 0.15) is 32.3 Å². The average Bonchev–Trinajstić information content (AvgIpc) is 2.54. The standard InChI is InChI=1S/C18H25FN2O2/c1-13-11-21(12-14(2)20-13)17(22)18(6-8-23-9-7-18)15-4-3-5-16(19)10-15/h3-5,10,13-14,20H,6-9,11-12H2,1-2H3. The van der Waals surface area contributed by atoms with Gasteiger partial charge in [0.05, 0.1) is 5.41 Å². The van der Waals surface area contributed by atoms with E-state index in [4.69, 9.17) is 4.74 Å². The summed E-state index contributed by atoms with van der Waals surface area (Å²) in [6.07, 6.45) is 1.23. The van der Waals surface area contributed by atoms with Gasteiger partial charge in [-0.15, -0.1) is 0 Å². The maximum atomic E-state index is 13.8. The van der Waals surface area contributed by atoms with Gasteiger partial charge in [0.1, 0.15) is 5.82 Å². The van der Waals surface area contributed by atoms with Gasteiger partial charge in [-0.05, 0) is 44.4 Å². The fourth-order valence-corrected chi connectivity index (χ4v) is 3.93. The third kappa shape index (κ3) is 3.26. The zero-order chi connectivity index (χ0) is 16.4. The van der Waals surface area contributed by atoms with Crippen LogP contribution in [-0.2, 0) is 14.9 Å². The number of hydrogen-bond donors (Lipinski definition) is 1. The molecule has 2 atom stereocenters. The summed E-state index contributed by atoms with van der Waals surface area (Å²) in [5, 5.41) is 3.45. The molecule has 1 aromatic carbocycles. The molecule has 0 aliphatic carbocycles. The van der Waals surface area contributed by atoms with Crippen LogP contribution in [0.15, 0.2) is 24.3 Å². The van der Waals surface area contributed by atoms with Crippen LogP contribution >= 0.6 is 0 Å². The fourth-order valence-electron chi connectivity index (χ4n) is 3.93. The molecule has 2 aliphatic rings. The topological polar surface area (TPSA) is 41.6 Å². The Morgan fingerprint density at radius 3 is 2.52 bits per heavy atom. The highest BCUT2D eigenvalue weighted by atomic mass is 19.1. The first-order valence-electron chi connectivity index (χ1n) is 8.40. The number of nitrogens with one attached hydrogen (secondary N) is 1. The quantitative estimate of drug-likeness (QED) is 0.907. The zero-order valence-corrected chi connectivity index (χ0v) is 13.8. The molecule has 2 heterocycles. The molecule has 1 aromatic rings. The van der Waals surface area contributed by atoms with Crippen LogP contribution in [0.5, 0.6) is 0 Å². The number of rotatable bonds is 2. The summed E-state index contributed by atoms with van der Waals surface area (Å²) in [4.78, 5) is 15.3. The van der Waals surface area contributed by atoms with Crippen LogP contribution in [0.2, 0.25) is 0 Å². The minimum absolute atomic E-state index is 0.117. The van der Waals surface area contributed by atoms with Crippen molar-refractivity contribution in [3.63, 3.8) is 0 Å². The van der Waals surface area contributed by atoms with Crippen LogP contribution in [0.4, 0.5) is 4.39 Å². The van der Waals surface area contributed by atoms with Crippen LogP contribution < -0.4 is 5.32 Å². The van der Waals surface area contributed by atoms with Crippen molar-refractivity contribution >= 4 is 5.91 Å². The van der Waals surface area contributed by atoms with Crippen molar-refractivity contribution in [1.82, 2.24) is 10.2 Å². The highest BCUT2D eigenvalue weighted by Crippen LogP contribution is 2.37. The van der Waals surface area contributed by atoms with Crippen molar-refractivity contribution < 1.29 is 13.9 Å². The van der Waals surface area contributed by atoms with E-state index in [-0.39, 0.29) is 23.8 Å². The molecule has 1 amide bonds. The Kier molecular flexibility index (Phi) is 4.69. The summed E-state index contributed by atoms with van der Waals surface area (Å²) in [5.74, 6) is -0.171. The first-order chi connectivity index (χ1) is 11.0. The lowest BCUT2D eigenvalue weighted by Crippen LogP contribution is -2.60. The molecule has 126 valence electrons. The van der Waals surface area contributed by atoms with E-state index < -0.39 is 5.41 Å². The minimum Gasteiger partial charge on any atom is -0.381 e. The van der Waals surface area contributed by atoms with Gasteiger partial charge < -0.3 is 15.0 Å². The molecule has 0 aromatic heterocycles. The van der Waals surface area contributed by atoms with Crippen molar-refractivity contribution in [2.75, 3.05) is 26.3 Å². The number of ether oxygens (including phenoxy) is 1. The van der Waals surface area contributed by atoms with Crippen LogP contribution in [0.3, 0.4) is 0 Å².